The first kappa shape index (κ1) is 22.0. The van der Waals surface area contributed by atoms with Crippen molar-refractivity contribution >= 4 is 48.7 Å². The maximum absolute atomic E-state index is 13.8. The number of aromatic nitrogens is 1. The van der Waals surface area contributed by atoms with Gasteiger partial charge < -0.3 is 9.30 Å². The van der Waals surface area contributed by atoms with Crippen molar-refractivity contribution in [2.45, 2.75) is 33.2 Å². The normalized spacial score (nSPS) is 20.2. The Morgan fingerprint density at radius 1 is 1.34 bits per heavy atom. The molecule has 0 spiro atoms. The van der Waals surface area contributed by atoms with E-state index < -0.39 is 30.4 Å². The standard InChI is InChI=1S/C21H18Br2F3NO2/c1-4-9-27-15-8-6-5-7-12(15)13(18(27)21(24,25)26)11-29-19(28)17-14(10-16(22)23)20(17,2)3/h1,5-8,10,14,17H,9,11H2,2-3H3/t14-,17-/m0/s1. The van der Waals surface area contributed by atoms with E-state index >= 15 is 0 Å². The number of esters is 1. The van der Waals surface area contributed by atoms with Crippen molar-refractivity contribution in [2.75, 3.05) is 0 Å². The van der Waals surface area contributed by atoms with Crippen LogP contribution in [0.1, 0.15) is 25.1 Å². The lowest BCUT2D eigenvalue weighted by atomic mass is 10.1. The van der Waals surface area contributed by atoms with Crippen molar-refractivity contribution in [3.8, 4) is 12.3 Å². The molecule has 154 valence electrons. The van der Waals surface area contributed by atoms with E-state index in [2.05, 4.69) is 37.8 Å². The summed E-state index contributed by atoms with van der Waals surface area (Å²) in [5, 5.41) is 0.373. The predicted molar refractivity (Wildman–Crippen MR) is 112 cm³/mol. The summed E-state index contributed by atoms with van der Waals surface area (Å²) in [4.78, 5) is 12.6. The van der Waals surface area contributed by atoms with Crippen molar-refractivity contribution in [3.05, 3.63) is 45.0 Å². The van der Waals surface area contributed by atoms with Gasteiger partial charge in [0.25, 0.3) is 0 Å². The molecular formula is C21H18Br2F3NO2. The van der Waals surface area contributed by atoms with E-state index in [0.29, 0.717) is 10.9 Å². The molecule has 2 aromatic rings. The zero-order valence-electron chi connectivity index (χ0n) is 15.7. The zero-order chi connectivity index (χ0) is 21.6. The smallest absolute Gasteiger partial charge is 0.431 e. The van der Waals surface area contributed by atoms with Gasteiger partial charge in [0, 0.05) is 16.5 Å². The Morgan fingerprint density at radius 3 is 2.59 bits per heavy atom. The summed E-state index contributed by atoms with van der Waals surface area (Å²) in [6.45, 7) is 3.14. The third-order valence-electron chi connectivity index (χ3n) is 5.42. The van der Waals surface area contributed by atoms with Crippen LogP contribution in [0.2, 0.25) is 0 Å². The Hall–Kier alpha value is -1.72. The number of benzene rings is 1. The van der Waals surface area contributed by atoms with Crippen LogP contribution in [0.15, 0.2) is 33.7 Å². The van der Waals surface area contributed by atoms with Gasteiger partial charge in [-0.2, -0.15) is 13.2 Å². The van der Waals surface area contributed by atoms with Crippen molar-refractivity contribution < 1.29 is 22.7 Å². The lowest BCUT2D eigenvalue weighted by Crippen LogP contribution is -2.17. The number of rotatable bonds is 5. The number of terminal acetylenes is 1. The number of carbonyl (C=O) groups is 1. The van der Waals surface area contributed by atoms with E-state index in [-0.39, 0.29) is 23.4 Å². The zero-order valence-corrected chi connectivity index (χ0v) is 18.9. The van der Waals surface area contributed by atoms with Gasteiger partial charge in [-0.3, -0.25) is 4.79 Å². The van der Waals surface area contributed by atoms with Gasteiger partial charge in [0.1, 0.15) is 12.3 Å². The highest BCUT2D eigenvalue weighted by Gasteiger charge is 2.61. The number of nitrogens with zero attached hydrogens (tertiary/aromatic N) is 1. The second-order valence-corrected chi connectivity index (χ2v) is 10.3. The fourth-order valence-electron chi connectivity index (χ4n) is 3.91. The molecule has 3 nitrogen and oxygen atoms in total. The summed E-state index contributed by atoms with van der Waals surface area (Å²) in [5.41, 5.74) is -0.920. The Labute approximate surface area is 183 Å². The lowest BCUT2D eigenvalue weighted by molar-refractivity contribution is -0.151. The van der Waals surface area contributed by atoms with Gasteiger partial charge in [-0.25, -0.2) is 0 Å². The van der Waals surface area contributed by atoms with Crippen LogP contribution in [-0.2, 0) is 28.9 Å². The van der Waals surface area contributed by atoms with Crippen LogP contribution in [0, 0.1) is 29.6 Å². The largest absolute Gasteiger partial charge is 0.460 e. The van der Waals surface area contributed by atoms with Gasteiger partial charge in [0.15, 0.2) is 0 Å². The van der Waals surface area contributed by atoms with Crippen molar-refractivity contribution in [1.29, 1.82) is 0 Å². The van der Waals surface area contributed by atoms with Crippen LogP contribution in [0.25, 0.3) is 10.9 Å². The molecule has 29 heavy (non-hydrogen) atoms. The minimum Gasteiger partial charge on any atom is -0.460 e. The minimum absolute atomic E-state index is 0.0615. The van der Waals surface area contributed by atoms with Crippen LogP contribution < -0.4 is 0 Å². The van der Waals surface area contributed by atoms with Gasteiger partial charge in [0.05, 0.1) is 15.9 Å². The number of allylic oxidation sites excluding steroid dienone is 1. The van der Waals surface area contributed by atoms with Crippen LogP contribution in [0.5, 0.6) is 0 Å². The number of para-hydroxylation sites is 1. The summed E-state index contributed by atoms with van der Waals surface area (Å²) in [6.07, 6.45) is 2.51. The molecule has 0 unspecified atom stereocenters. The fourth-order valence-corrected chi connectivity index (χ4v) is 4.48. The second kappa shape index (κ2) is 7.84. The Bertz CT molecular complexity index is 1030. The maximum atomic E-state index is 13.8. The molecule has 0 saturated heterocycles. The average molecular weight is 533 g/mol. The fraction of sp³-hybridized carbons (Fsp3) is 0.381. The van der Waals surface area contributed by atoms with Gasteiger partial charge in [-0.15, -0.1) is 6.42 Å². The van der Waals surface area contributed by atoms with Crippen molar-refractivity contribution in [1.82, 2.24) is 4.57 Å². The van der Waals surface area contributed by atoms with E-state index in [9.17, 15) is 18.0 Å². The highest BCUT2D eigenvalue weighted by Crippen LogP contribution is 2.60. The molecule has 1 fully saturated rings. The number of carbonyl (C=O) groups excluding carboxylic acids is 1. The Balaban J connectivity index is 1.94. The molecule has 1 aromatic heterocycles. The van der Waals surface area contributed by atoms with Crippen LogP contribution in [-0.4, -0.2) is 10.5 Å². The molecule has 1 aliphatic rings. The number of ether oxygens (including phenoxy) is 1. The summed E-state index contributed by atoms with van der Waals surface area (Å²) in [6, 6.07) is 6.44. The van der Waals surface area contributed by atoms with Crippen LogP contribution in [0.3, 0.4) is 0 Å². The van der Waals surface area contributed by atoms with Crippen molar-refractivity contribution in [3.63, 3.8) is 0 Å². The molecule has 1 aromatic carbocycles. The molecule has 0 aliphatic heterocycles. The third kappa shape index (κ3) is 4.13. The second-order valence-electron chi connectivity index (χ2n) is 7.52. The third-order valence-corrected chi connectivity index (χ3v) is 5.95. The van der Waals surface area contributed by atoms with E-state index in [0.717, 1.165) is 7.96 Å². The first-order valence-corrected chi connectivity index (χ1v) is 10.4. The molecule has 0 bridgehead atoms. The topological polar surface area (TPSA) is 31.2 Å². The molecule has 1 saturated carbocycles. The van der Waals surface area contributed by atoms with E-state index in [1.54, 1.807) is 24.3 Å². The molecule has 8 heteroatoms. The lowest BCUT2D eigenvalue weighted by Gasteiger charge is -2.13. The SMILES string of the molecule is C#CCn1c(C(F)(F)F)c(COC(=O)[C@@H]2[C@H](C=C(Br)Br)C2(C)C)c2ccccc21. The highest BCUT2D eigenvalue weighted by atomic mass is 79.9. The van der Waals surface area contributed by atoms with Gasteiger partial charge >= 0.3 is 12.1 Å². The van der Waals surface area contributed by atoms with Crippen molar-refractivity contribution in [2.24, 2.45) is 17.3 Å². The van der Waals surface area contributed by atoms with E-state index in [1.165, 1.54) is 0 Å². The van der Waals surface area contributed by atoms with E-state index in [4.69, 9.17) is 11.2 Å². The molecule has 1 aliphatic carbocycles. The average Bonchev–Trinajstić information content (AvgIpc) is 3.00. The maximum Gasteiger partial charge on any atom is 0.431 e. The van der Waals surface area contributed by atoms with Crippen LogP contribution in [0.4, 0.5) is 13.2 Å². The highest BCUT2D eigenvalue weighted by molar-refractivity contribution is 9.28. The van der Waals surface area contributed by atoms with Gasteiger partial charge in [-0.05, 0) is 49.3 Å². The summed E-state index contributed by atoms with van der Waals surface area (Å²) < 4.78 is 48.7. The molecule has 2 atom stereocenters. The summed E-state index contributed by atoms with van der Waals surface area (Å²) in [7, 11) is 0. The molecular weight excluding hydrogens is 515 g/mol. The van der Waals surface area contributed by atoms with Gasteiger partial charge in [-0.1, -0.05) is 44.0 Å². The number of hydrogen-bond acceptors (Lipinski definition) is 2. The monoisotopic (exact) mass is 531 g/mol. The number of hydrogen-bond donors (Lipinski definition) is 0. The molecule has 0 radical (unpaired) electrons. The quantitative estimate of drug-likeness (QED) is 0.337. The van der Waals surface area contributed by atoms with Crippen LogP contribution >= 0.6 is 31.9 Å². The Morgan fingerprint density at radius 2 is 2.00 bits per heavy atom. The molecule has 1 heterocycles. The molecule has 0 amide bonds. The number of fused-ring (bicyclic) bond motifs is 1. The first-order chi connectivity index (χ1) is 13.5. The minimum atomic E-state index is -4.64. The summed E-state index contributed by atoms with van der Waals surface area (Å²) >= 11 is 6.55. The predicted octanol–water partition coefficient (Wildman–Crippen LogP) is 6.24. The number of halogens is 5. The summed E-state index contributed by atoms with van der Waals surface area (Å²) in [5.74, 6) is 1.28. The Kier molecular flexibility index (Phi) is 5.94. The first-order valence-electron chi connectivity index (χ1n) is 8.80. The molecule has 0 N–H and O–H groups in total. The number of alkyl halides is 3. The van der Waals surface area contributed by atoms with Gasteiger partial charge in [0.2, 0.25) is 0 Å². The molecule has 3 rings (SSSR count). The van der Waals surface area contributed by atoms with E-state index in [1.807, 2.05) is 19.9 Å².